The Morgan fingerprint density at radius 3 is 1.02 bits per heavy atom. The molecule has 3 aromatic carbocycles. The molecule has 3 spiro atoms. The third kappa shape index (κ3) is 34.3. The molecule has 0 radical (unpaired) electrons. The van der Waals surface area contributed by atoms with Crippen LogP contribution >= 0.6 is 0 Å². The maximum absolute atomic E-state index is 14.5. The lowest BCUT2D eigenvalue weighted by Crippen LogP contribution is -2.69. The molecule has 133 heavy (non-hydrogen) atoms. The van der Waals surface area contributed by atoms with Gasteiger partial charge >= 0.3 is 17.9 Å². The minimum Gasteiger partial charge on any atom is -0.481 e. The summed E-state index contributed by atoms with van der Waals surface area (Å²) in [4.78, 5) is 248. The standard InChI is InChI=1S/C32H48N8O7.C27H39N9O7.C27H38N8O8/c1-18(2)21-12-11-19(3)16-32(21)30(47)39-22(10-7-13-35-31(33)34)27(44)36-17-25(41)37-24(15-26(42)43)28(45)38-23(29(46)40-32)14-20-8-5-4-6-9-20;28-26(29)31-10-4-7-17-22(40)32-15-20(37)33-19(14-21(38)39)23(41)34-18(13-16-5-2-1-3-6-16)24(42)36-27(25(43)35-17)8-11-30-12-9-27;28-26(29)30-10-4-7-17-22(39)31-15-20(36)32-19(14-21(37)38)23(40)33-18(13-16-5-2-1-3-6-16)24(41)35-27(25(42)34-17)8-11-43-12-9-27/h4-6,8-9,18-19,21-24H,7,10-17H2,1-3H3,(H,36,44)(H,37,41)(H,38,45)(H,39,47)(H,40,46)(H,42,43)(H4,33,34,35);1-3,5-6,17-19,30H,4,7-15H2,(H,32,40)(H,33,37)(H,34,41)(H,35,43)(H,36,42)(H,38,39)(H4,28,29,31);1-3,5-6,17-19H,4,7-15H2,(H,31,39)(H,32,36)(H,33,40)(H,34,42)(H,35,41)(H,37,38)(H4,28,29,30)/t19-,21+,22-,23+,24-,32?;2*17-,18+,19-/m000/s1. The van der Waals surface area contributed by atoms with Crippen LogP contribution in [-0.2, 0) is 110 Å². The molecule has 726 valence electrons. The quantitative estimate of drug-likeness (QED) is 0.0213. The van der Waals surface area contributed by atoms with Crippen molar-refractivity contribution in [2.45, 2.75) is 214 Å². The Balaban J connectivity index is 0.000000273. The lowest BCUT2D eigenvalue weighted by Gasteiger charge is -2.48. The molecule has 9 rings (SSSR count). The molecular weight excluding hydrogens is 1740 g/mol. The van der Waals surface area contributed by atoms with Crippen molar-refractivity contribution < 1.29 is 106 Å². The fraction of sp³-hybridized carbons (Fsp3) is 0.547. The molecule has 15 amide bonds. The number of hydrogen-bond acceptors (Lipinski definition) is 23. The highest BCUT2D eigenvalue weighted by Gasteiger charge is 2.53. The number of amides is 15. The number of hydrogen-bond donors (Lipinski definition) is 25. The first-order valence-electron chi connectivity index (χ1n) is 43.9. The summed E-state index contributed by atoms with van der Waals surface area (Å²) in [5, 5.41) is 70.4. The lowest BCUT2D eigenvalue weighted by molar-refractivity contribution is -0.143. The lowest BCUT2D eigenvalue weighted by atomic mass is 9.64. The normalized spacial score (nSPS) is 24.9. The van der Waals surface area contributed by atoms with Crippen LogP contribution in [0.3, 0.4) is 0 Å². The van der Waals surface area contributed by atoms with Gasteiger partial charge in [-0.25, -0.2) is 0 Å². The number of carbonyl (C=O) groups is 18. The number of carboxylic acids is 3. The van der Waals surface area contributed by atoms with E-state index in [0.717, 1.165) is 6.42 Å². The number of nitrogens with two attached hydrogens (primary N) is 6. The van der Waals surface area contributed by atoms with E-state index < -0.39 is 216 Å². The monoisotopic (exact) mass is 1860 g/mol. The van der Waals surface area contributed by atoms with Gasteiger partial charge in [0.25, 0.3) is 0 Å². The van der Waals surface area contributed by atoms with E-state index in [4.69, 9.17) is 39.1 Å². The van der Waals surface area contributed by atoms with Crippen molar-refractivity contribution in [3.05, 3.63) is 108 Å². The van der Waals surface area contributed by atoms with Crippen molar-refractivity contribution in [3.8, 4) is 0 Å². The number of nitrogens with zero attached hydrogens (tertiary/aromatic N) is 3. The summed E-state index contributed by atoms with van der Waals surface area (Å²) in [6.07, 6.45) is 1.26. The number of benzene rings is 3. The van der Waals surface area contributed by atoms with Crippen LogP contribution in [0, 0.1) is 17.8 Å². The molecule has 47 heteroatoms. The van der Waals surface area contributed by atoms with Crippen LogP contribution < -0.4 is 119 Å². The van der Waals surface area contributed by atoms with Crippen molar-refractivity contribution in [1.82, 2.24) is 85.1 Å². The molecule has 47 nitrogen and oxygen atoms in total. The second-order valence-corrected chi connectivity index (χ2v) is 33.7. The van der Waals surface area contributed by atoms with Crippen molar-refractivity contribution in [1.29, 1.82) is 0 Å². The van der Waals surface area contributed by atoms with Gasteiger partial charge in [0.1, 0.15) is 71.0 Å². The highest BCUT2D eigenvalue weighted by atomic mass is 16.5. The fourth-order valence-corrected chi connectivity index (χ4v) is 16.2. The molecule has 0 aromatic heterocycles. The van der Waals surface area contributed by atoms with E-state index in [1.807, 2.05) is 20.8 Å². The molecule has 1 aliphatic carbocycles. The summed E-state index contributed by atoms with van der Waals surface area (Å²) in [6.45, 7) is 5.73. The van der Waals surface area contributed by atoms with Gasteiger partial charge in [0.05, 0.1) is 38.9 Å². The Morgan fingerprint density at radius 1 is 0.391 bits per heavy atom. The van der Waals surface area contributed by atoms with Gasteiger partial charge in [-0.1, -0.05) is 118 Å². The van der Waals surface area contributed by atoms with Gasteiger partial charge in [0.2, 0.25) is 88.6 Å². The second kappa shape index (κ2) is 52.0. The smallest absolute Gasteiger partial charge is 0.305 e. The largest absolute Gasteiger partial charge is 0.481 e. The topological polar surface area (TPSA) is 763 Å². The van der Waals surface area contributed by atoms with E-state index in [1.165, 1.54) is 0 Å². The van der Waals surface area contributed by atoms with Gasteiger partial charge in [-0.3, -0.25) is 101 Å². The van der Waals surface area contributed by atoms with Gasteiger partial charge in [-0.15, -0.1) is 0 Å². The highest BCUT2D eigenvalue weighted by Crippen LogP contribution is 2.42. The van der Waals surface area contributed by atoms with Crippen LogP contribution in [0.25, 0.3) is 0 Å². The summed E-state index contributed by atoms with van der Waals surface area (Å²) >= 11 is 0. The third-order valence-corrected chi connectivity index (χ3v) is 23.0. The molecule has 1 saturated carbocycles. The van der Waals surface area contributed by atoms with E-state index in [0.29, 0.717) is 55.5 Å². The number of rotatable bonds is 25. The first kappa shape index (κ1) is 106. The van der Waals surface area contributed by atoms with Crippen LogP contribution in [0.1, 0.15) is 140 Å². The maximum Gasteiger partial charge on any atom is 0.305 e. The third-order valence-electron chi connectivity index (χ3n) is 23.0. The molecule has 12 atom stereocenters. The molecule has 1 unspecified atom stereocenters. The Hall–Kier alpha value is -14.1. The minimum atomic E-state index is -1.55. The highest BCUT2D eigenvalue weighted by molar-refractivity contribution is 6.03. The van der Waals surface area contributed by atoms with Gasteiger partial charge in [-0.05, 0) is 112 Å². The van der Waals surface area contributed by atoms with Crippen molar-refractivity contribution in [2.24, 2.45) is 67.1 Å². The summed E-state index contributed by atoms with van der Waals surface area (Å²) in [5.74, 6) is -16.0. The van der Waals surface area contributed by atoms with Gasteiger partial charge in [0, 0.05) is 65.0 Å². The van der Waals surface area contributed by atoms with E-state index in [-0.39, 0.29) is 139 Å². The average Bonchev–Trinajstić information content (AvgIpc) is 0.962. The van der Waals surface area contributed by atoms with Gasteiger partial charge < -0.3 is 140 Å². The molecular formula is C86H125N25O22. The molecule has 5 saturated heterocycles. The second-order valence-electron chi connectivity index (χ2n) is 33.7. The number of aliphatic carboxylic acids is 3. The molecule has 3 aromatic rings. The number of piperidine rings is 1. The van der Waals surface area contributed by atoms with Crippen molar-refractivity contribution in [3.63, 3.8) is 0 Å². The van der Waals surface area contributed by atoms with Crippen LogP contribution in [0.5, 0.6) is 0 Å². The molecule has 31 N–H and O–H groups in total. The number of carbonyl (C=O) groups excluding carboxylic acids is 15. The zero-order chi connectivity index (χ0) is 97.5. The molecule has 6 fully saturated rings. The predicted molar refractivity (Wildman–Crippen MR) is 479 cm³/mol. The Kier molecular flexibility index (Phi) is 41.4. The molecule has 5 aliphatic heterocycles. The molecule has 5 heterocycles. The Morgan fingerprint density at radius 2 is 0.707 bits per heavy atom. The molecule has 0 bridgehead atoms. The molecule has 6 aliphatic rings. The van der Waals surface area contributed by atoms with E-state index in [1.54, 1.807) is 91.0 Å². The average molecular weight is 1860 g/mol. The van der Waals surface area contributed by atoms with Crippen LogP contribution in [0.2, 0.25) is 0 Å². The van der Waals surface area contributed by atoms with Crippen molar-refractivity contribution in [2.75, 3.05) is 65.6 Å². The van der Waals surface area contributed by atoms with Crippen LogP contribution in [0.4, 0.5) is 0 Å². The van der Waals surface area contributed by atoms with E-state index in [2.05, 4.69) is 100 Å². The number of nitrogens with one attached hydrogen (secondary N) is 16. The van der Waals surface area contributed by atoms with E-state index in [9.17, 15) is 102 Å². The number of aliphatic imine (C=N–C) groups is 3. The number of ether oxygens (including phenoxy) is 1. The van der Waals surface area contributed by atoms with Crippen LogP contribution in [0.15, 0.2) is 106 Å². The zero-order valence-electron chi connectivity index (χ0n) is 74.5. The maximum atomic E-state index is 14.5. The Bertz CT molecular complexity index is 4490. The summed E-state index contributed by atoms with van der Waals surface area (Å²) in [6, 6.07) is 14.8. The zero-order valence-corrected chi connectivity index (χ0v) is 74.5. The first-order valence-corrected chi connectivity index (χ1v) is 43.9. The van der Waals surface area contributed by atoms with Gasteiger partial charge in [0.15, 0.2) is 17.9 Å². The number of carboxylic acid groups (broad SMARTS) is 3. The summed E-state index contributed by atoms with van der Waals surface area (Å²) in [7, 11) is 0. The fourth-order valence-electron chi connectivity index (χ4n) is 16.2. The Labute approximate surface area is 766 Å². The SMILES string of the molecule is CC(C)[C@H]1CC[C@H](C)CC12NC(=O)[C@@H](Cc1ccccc1)NC(=O)[C@H](CC(=O)O)NC(=O)CNC(=O)[C@H](CCCN=C(N)N)NC2=O.NC(N)=NCCC[C@@H]1NC(=O)C2(CCNCC2)NC(=O)[C@@H](Cc2ccccc2)NC(=O)[C@H](CC(=O)O)NC(=O)CNC1=O.NC(N)=NCCC[C@@H]1NC(=O)C2(CCOCC2)NC(=O)[C@@H](Cc2ccccc2)NC(=O)[C@H](CC(=O)O)NC(=O)CNC1=O. The van der Waals surface area contributed by atoms with Gasteiger partial charge in [-0.2, -0.15) is 0 Å². The minimum absolute atomic E-state index is 0.00775. The summed E-state index contributed by atoms with van der Waals surface area (Å²) < 4.78 is 5.44. The first-order chi connectivity index (χ1) is 63.2. The van der Waals surface area contributed by atoms with E-state index >= 15 is 0 Å². The number of guanidine groups is 3. The summed E-state index contributed by atoms with van der Waals surface area (Å²) in [5.41, 5.74) is 30.1. The van der Waals surface area contributed by atoms with Crippen LogP contribution in [-0.4, -0.2) is 276 Å². The predicted octanol–water partition coefficient (Wildman–Crippen LogP) is -7.12. The van der Waals surface area contributed by atoms with Crippen molar-refractivity contribution >= 4 is 124 Å².